The lowest BCUT2D eigenvalue weighted by atomic mass is 9.86. The Morgan fingerprint density at radius 3 is 2.20 bits per heavy atom. The normalized spacial score (nSPS) is 11.1. The SMILES string of the molecule is CC(C)(C)c1ccccc1NC(=O)CC(=O)Nc1ccc(Cl)c(Cl)c1. The summed E-state index contributed by atoms with van der Waals surface area (Å²) in [5, 5.41) is 6.17. The molecule has 2 aromatic carbocycles. The van der Waals surface area contributed by atoms with Gasteiger partial charge in [-0.25, -0.2) is 0 Å². The van der Waals surface area contributed by atoms with Crippen LogP contribution in [-0.4, -0.2) is 11.8 Å². The molecule has 6 heteroatoms. The second-order valence-corrected chi connectivity index (χ2v) is 7.51. The fraction of sp³-hybridized carbons (Fsp3) is 0.263. The molecule has 25 heavy (non-hydrogen) atoms. The maximum atomic E-state index is 12.2. The Morgan fingerprint density at radius 2 is 1.56 bits per heavy atom. The van der Waals surface area contributed by atoms with Gasteiger partial charge in [-0.05, 0) is 35.2 Å². The van der Waals surface area contributed by atoms with Gasteiger partial charge in [-0.2, -0.15) is 0 Å². The van der Waals surface area contributed by atoms with Crippen molar-refractivity contribution in [2.75, 3.05) is 10.6 Å². The van der Waals surface area contributed by atoms with Gasteiger partial charge >= 0.3 is 0 Å². The molecule has 0 bridgehead atoms. The van der Waals surface area contributed by atoms with Gasteiger partial charge in [0.1, 0.15) is 6.42 Å². The highest BCUT2D eigenvalue weighted by Crippen LogP contribution is 2.29. The van der Waals surface area contributed by atoms with E-state index >= 15 is 0 Å². The molecule has 0 spiro atoms. The number of amides is 2. The predicted octanol–water partition coefficient (Wildman–Crippen LogP) is 5.26. The third-order valence-corrected chi connectivity index (χ3v) is 4.27. The molecule has 0 heterocycles. The van der Waals surface area contributed by atoms with E-state index in [0.717, 1.165) is 5.56 Å². The Labute approximate surface area is 157 Å². The zero-order valence-electron chi connectivity index (χ0n) is 14.3. The van der Waals surface area contributed by atoms with Gasteiger partial charge in [-0.3, -0.25) is 9.59 Å². The lowest BCUT2D eigenvalue weighted by Crippen LogP contribution is -2.23. The van der Waals surface area contributed by atoms with E-state index in [-0.39, 0.29) is 17.7 Å². The van der Waals surface area contributed by atoms with Crippen LogP contribution in [0.2, 0.25) is 10.0 Å². The molecule has 0 unspecified atom stereocenters. The highest BCUT2D eigenvalue weighted by Gasteiger charge is 2.19. The maximum absolute atomic E-state index is 12.2. The zero-order chi connectivity index (χ0) is 18.6. The maximum Gasteiger partial charge on any atom is 0.233 e. The first-order chi connectivity index (χ1) is 11.7. The number of carbonyl (C=O) groups excluding carboxylic acids is 2. The molecule has 0 radical (unpaired) electrons. The van der Waals surface area contributed by atoms with Crippen molar-refractivity contribution in [3.8, 4) is 0 Å². The van der Waals surface area contributed by atoms with E-state index in [9.17, 15) is 9.59 Å². The molecule has 0 saturated carbocycles. The average molecular weight is 379 g/mol. The second kappa shape index (κ2) is 7.89. The van der Waals surface area contributed by atoms with Crippen LogP contribution in [0.1, 0.15) is 32.8 Å². The van der Waals surface area contributed by atoms with Crippen LogP contribution in [0.15, 0.2) is 42.5 Å². The number of anilines is 2. The van der Waals surface area contributed by atoms with Gasteiger partial charge in [0.05, 0.1) is 10.0 Å². The second-order valence-electron chi connectivity index (χ2n) is 6.70. The van der Waals surface area contributed by atoms with Crippen molar-refractivity contribution in [3.05, 3.63) is 58.1 Å². The van der Waals surface area contributed by atoms with Crippen LogP contribution in [-0.2, 0) is 15.0 Å². The third kappa shape index (κ3) is 5.48. The van der Waals surface area contributed by atoms with Crippen molar-refractivity contribution in [1.82, 2.24) is 0 Å². The average Bonchev–Trinajstić information content (AvgIpc) is 2.50. The van der Waals surface area contributed by atoms with Gasteiger partial charge in [0.15, 0.2) is 0 Å². The summed E-state index contributed by atoms with van der Waals surface area (Å²) in [6.45, 7) is 6.19. The minimum atomic E-state index is -0.427. The minimum Gasteiger partial charge on any atom is -0.326 e. The highest BCUT2D eigenvalue weighted by molar-refractivity contribution is 6.42. The van der Waals surface area contributed by atoms with Crippen LogP contribution in [0.25, 0.3) is 0 Å². The molecule has 132 valence electrons. The first-order valence-electron chi connectivity index (χ1n) is 7.81. The summed E-state index contributed by atoms with van der Waals surface area (Å²) in [6.07, 6.45) is -0.293. The van der Waals surface area contributed by atoms with Crippen molar-refractivity contribution in [2.24, 2.45) is 0 Å². The van der Waals surface area contributed by atoms with Crippen LogP contribution in [0.4, 0.5) is 11.4 Å². The Bertz CT molecular complexity index is 798. The van der Waals surface area contributed by atoms with Gasteiger partial charge in [-0.15, -0.1) is 0 Å². The third-order valence-electron chi connectivity index (χ3n) is 3.53. The minimum absolute atomic E-state index is 0.119. The molecule has 0 fully saturated rings. The number of hydrogen-bond donors (Lipinski definition) is 2. The molecule has 2 N–H and O–H groups in total. The van der Waals surface area contributed by atoms with E-state index in [4.69, 9.17) is 23.2 Å². The fourth-order valence-electron chi connectivity index (χ4n) is 2.37. The van der Waals surface area contributed by atoms with E-state index in [0.29, 0.717) is 21.4 Å². The smallest absolute Gasteiger partial charge is 0.233 e. The van der Waals surface area contributed by atoms with Gasteiger partial charge in [0.25, 0.3) is 0 Å². The molecule has 0 aliphatic rings. The Morgan fingerprint density at radius 1 is 0.920 bits per heavy atom. The summed E-state index contributed by atoms with van der Waals surface area (Å²) >= 11 is 11.7. The van der Waals surface area contributed by atoms with Crippen LogP contribution >= 0.6 is 23.2 Å². The van der Waals surface area contributed by atoms with Crippen molar-refractivity contribution >= 4 is 46.4 Å². The van der Waals surface area contributed by atoms with E-state index in [1.54, 1.807) is 12.1 Å². The van der Waals surface area contributed by atoms with Gasteiger partial charge < -0.3 is 10.6 Å². The Hall–Kier alpha value is -2.04. The molecule has 4 nitrogen and oxygen atoms in total. The fourth-order valence-corrected chi connectivity index (χ4v) is 2.66. The summed E-state index contributed by atoms with van der Waals surface area (Å²) in [7, 11) is 0. The number of benzene rings is 2. The lowest BCUT2D eigenvalue weighted by molar-refractivity contribution is -0.123. The summed E-state index contributed by atoms with van der Waals surface area (Å²) in [6, 6.07) is 12.3. The van der Waals surface area contributed by atoms with Crippen LogP contribution in [0.3, 0.4) is 0 Å². The molecule has 0 aliphatic heterocycles. The van der Waals surface area contributed by atoms with Crippen molar-refractivity contribution < 1.29 is 9.59 Å². The molecule has 2 amide bonds. The summed E-state index contributed by atoms with van der Waals surface area (Å²) in [4.78, 5) is 24.2. The Kier molecular flexibility index (Phi) is 6.09. The first kappa shape index (κ1) is 19.3. The van der Waals surface area contributed by atoms with Crippen LogP contribution in [0, 0.1) is 0 Å². The molecule has 0 aromatic heterocycles. The Balaban J connectivity index is 2.01. The number of carbonyl (C=O) groups is 2. The van der Waals surface area contributed by atoms with Gasteiger partial charge in [-0.1, -0.05) is 62.2 Å². The summed E-state index contributed by atoms with van der Waals surface area (Å²) in [5.41, 5.74) is 2.09. The standard InChI is InChI=1S/C19H20Cl2N2O2/c1-19(2,3)13-6-4-5-7-16(13)23-18(25)11-17(24)22-12-8-9-14(20)15(21)10-12/h4-10H,11H2,1-3H3,(H,22,24)(H,23,25). The van der Waals surface area contributed by atoms with Crippen molar-refractivity contribution in [1.29, 1.82) is 0 Å². The zero-order valence-corrected chi connectivity index (χ0v) is 15.8. The number of hydrogen-bond acceptors (Lipinski definition) is 2. The lowest BCUT2D eigenvalue weighted by Gasteiger charge is -2.22. The molecule has 2 aromatic rings. The van der Waals surface area contributed by atoms with E-state index in [1.165, 1.54) is 6.07 Å². The monoisotopic (exact) mass is 378 g/mol. The number of halogens is 2. The number of para-hydroxylation sites is 1. The molecule has 0 aliphatic carbocycles. The van der Waals surface area contributed by atoms with Crippen molar-refractivity contribution in [2.45, 2.75) is 32.6 Å². The van der Waals surface area contributed by atoms with E-state index in [1.807, 2.05) is 24.3 Å². The number of rotatable bonds is 4. The van der Waals surface area contributed by atoms with Gasteiger partial charge in [0, 0.05) is 11.4 Å². The predicted molar refractivity (Wildman–Crippen MR) is 103 cm³/mol. The van der Waals surface area contributed by atoms with E-state index < -0.39 is 5.91 Å². The molecular weight excluding hydrogens is 359 g/mol. The molecule has 2 rings (SSSR count). The van der Waals surface area contributed by atoms with Crippen LogP contribution < -0.4 is 10.6 Å². The quantitative estimate of drug-likeness (QED) is 0.712. The largest absolute Gasteiger partial charge is 0.326 e. The molecular formula is C19H20Cl2N2O2. The van der Waals surface area contributed by atoms with Crippen molar-refractivity contribution in [3.63, 3.8) is 0 Å². The molecule has 0 saturated heterocycles. The first-order valence-corrected chi connectivity index (χ1v) is 8.56. The van der Waals surface area contributed by atoms with Gasteiger partial charge in [0.2, 0.25) is 11.8 Å². The summed E-state index contributed by atoms with van der Waals surface area (Å²) < 4.78 is 0. The topological polar surface area (TPSA) is 58.2 Å². The highest BCUT2D eigenvalue weighted by atomic mass is 35.5. The number of nitrogens with one attached hydrogen (secondary N) is 2. The van der Waals surface area contributed by atoms with Crippen LogP contribution in [0.5, 0.6) is 0 Å². The molecule has 0 atom stereocenters. The summed E-state index contributed by atoms with van der Waals surface area (Å²) in [5.74, 6) is -0.807. The van der Waals surface area contributed by atoms with E-state index in [2.05, 4.69) is 31.4 Å².